The summed E-state index contributed by atoms with van der Waals surface area (Å²) in [5.41, 5.74) is 1.31. The van der Waals surface area contributed by atoms with Gasteiger partial charge in [-0.1, -0.05) is 32.1 Å². The molecule has 0 bridgehead atoms. The van der Waals surface area contributed by atoms with Crippen molar-refractivity contribution in [3.63, 3.8) is 0 Å². The standard InChI is InChI=1S/C22H36N4O/c1-2-26-15-19(13-23-26)14-24-12-6-5-9-20-16-25(17-21(20)24)22(27)11-10-18-7-3-4-8-18/h13,15,18,20-21H,2-12,14,16-17H2,1H3/t20-,21+/m0/s1. The highest BCUT2D eigenvalue weighted by molar-refractivity contribution is 5.76. The lowest BCUT2D eigenvalue weighted by atomic mass is 9.98. The number of aromatic nitrogens is 2. The second-order valence-electron chi connectivity index (χ2n) is 8.99. The van der Waals surface area contributed by atoms with Gasteiger partial charge in [-0.2, -0.15) is 5.10 Å². The quantitative estimate of drug-likeness (QED) is 0.765. The Morgan fingerprint density at radius 3 is 2.74 bits per heavy atom. The molecule has 2 saturated heterocycles. The zero-order valence-electron chi connectivity index (χ0n) is 17.0. The average molecular weight is 373 g/mol. The van der Waals surface area contributed by atoms with Crippen molar-refractivity contribution in [2.75, 3.05) is 19.6 Å². The number of likely N-dealkylation sites (tertiary alicyclic amines) is 2. The number of aryl methyl sites for hydroxylation is 1. The molecule has 3 fully saturated rings. The SMILES string of the molecule is CCn1cc(CN2CCCC[C@H]3CN(C(=O)CCC4CCCC4)C[C@H]32)cn1. The number of carbonyl (C=O) groups is 1. The fourth-order valence-electron chi connectivity index (χ4n) is 5.52. The van der Waals surface area contributed by atoms with E-state index in [1.54, 1.807) is 0 Å². The van der Waals surface area contributed by atoms with Gasteiger partial charge in [0.05, 0.1) is 6.20 Å². The van der Waals surface area contributed by atoms with Crippen molar-refractivity contribution in [2.24, 2.45) is 11.8 Å². The molecule has 1 saturated carbocycles. The molecule has 5 nitrogen and oxygen atoms in total. The van der Waals surface area contributed by atoms with Gasteiger partial charge >= 0.3 is 0 Å². The molecule has 1 amide bonds. The van der Waals surface area contributed by atoms with E-state index in [2.05, 4.69) is 28.0 Å². The summed E-state index contributed by atoms with van der Waals surface area (Å²) in [7, 11) is 0. The smallest absolute Gasteiger partial charge is 0.222 e. The number of amides is 1. The Kier molecular flexibility index (Phi) is 6.16. The molecule has 3 heterocycles. The van der Waals surface area contributed by atoms with Gasteiger partial charge in [-0.15, -0.1) is 0 Å². The summed E-state index contributed by atoms with van der Waals surface area (Å²) in [5, 5.41) is 4.44. The Hall–Kier alpha value is -1.36. The van der Waals surface area contributed by atoms with Gasteiger partial charge in [0, 0.05) is 50.4 Å². The van der Waals surface area contributed by atoms with E-state index in [0.717, 1.165) is 51.5 Å². The second kappa shape index (κ2) is 8.76. The van der Waals surface area contributed by atoms with Crippen LogP contribution in [0.15, 0.2) is 12.4 Å². The van der Waals surface area contributed by atoms with Crippen LogP contribution in [-0.4, -0.2) is 51.2 Å². The third kappa shape index (κ3) is 4.56. The minimum Gasteiger partial charge on any atom is -0.341 e. The molecule has 27 heavy (non-hydrogen) atoms. The monoisotopic (exact) mass is 372 g/mol. The molecule has 1 aromatic heterocycles. The van der Waals surface area contributed by atoms with E-state index in [0.29, 0.717) is 17.9 Å². The molecule has 4 rings (SSSR count). The maximum Gasteiger partial charge on any atom is 0.222 e. The maximum atomic E-state index is 12.8. The van der Waals surface area contributed by atoms with Gasteiger partial charge in [0.15, 0.2) is 0 Å². The Bertz CT molecular complexity index is 622. The molecule has 0 aromatic carbocycles. The van der Waals surface area contributed by atoms with E-state index in [9.17, 15) is 4.79 Å². The van der Waals surface area contributed by atoms with Crippen molar-refractivity contribution >= 4 is 5.91 Å². The third-order valence-electron chi connectivity index (χ3n) is 7.14. The summed E-state index contributed by atoms with van der Waals surface area (Å²) in [6.45, 7) is 7.11. The number of hydrogen-bond acceptors (Lipinski definition) is 3. The minimum atomic E-state index is 0.411. The van der Waals surface area contributed by atoms with Gasteiger partial charge in [0.2, 0.25) is 5.91 Å². The summed E-state index contributed by atoms with van der Waals surface area (Å²) >= 11 is 0. The van der Waals surface area contributed by atoms with Crippen molar-refractivity contribution in [1.82, 2.24) is 19.6 Å². The number of nitrogens with zero attached hydrogens (tertiary/aromatic N) is 4. The summed E-state index contributed by atoms with van der Waals surface area (Å²) in [4.78, 5) is 17.7. The summed E-state index contributed by atoms with van der Waals surface area (Å²) in [6.07, 6.45) is 15.4. The molecule has 1 aliphatic carbocycles. The van der Waals surface area contributed by atoms with Crippen LogP contribution in [0.3, 0.4) is 0 Å². The Morgan fingerprint density at radius 2 is 1.96 bits per heavy atom. The topological polar surface area (TPSA) is 41.4 Å². The van der Waals surface area contributed by atoms with Crippen LogP contribution in [0.25, 0.3) is 0 Å². The van der Waals surface area contributed by atoms with Crippen LogP contribution in [0.2, 0.25) is 0 Å². The third-order valence-corrected chi connectivity index (χ3v) is 7.14. The van der Waals surface area contributed by atoms with E-state index in [4.69, 9.17) is 0 Å². The van der Waals surface area contributed by atoms with Gasteiger partial charge in [-0.25, -0.2) is 0 Å². The highest BCUT2D eigenvalue weighted by Gasteiger charge is 2.39. The first-order valence-electron chi connectivity index (χ1n) is 11.3. The van der Waals surface area contributed by atoms with Crippen LogP contribution in [-0.2, 0) is 17.9 Å². The normalized spacial score (nSPS) is 27.1. The largest absolute Gasteiger partial charge is 0.341 e. The molecule has 0 radical (unpaired) electrons. The average Bonchev–Trinajstić information content (AvgIpc) is 3.41. The molecule has 150 valence electrons. The maximum absolute atomic E-state index is 12.8. The van der Waals surface area contributed by atoms with E-state index in [1.807, 2.05) is 10.9 Å². The lowest BCUT2D eigenvalue weighted by molar-refractivity contribution is -0.130. The molecule has 1 aromatic rings. The molecule has 2 aliphatic heterocycles. The first kappa shape index (κ1) is 19.0. The van der Waals surface area contributed by atoms with E-state index in [-0.39, 0.29) is 0 Å². The lowest BCUT2D eigenvalue weighted by Gasteiger charge is -2.29. The number of rotatable bonds is 6. The predicted molar refractivity (Wildman–Crippen MR) is 107 cm³/mol. The molecule has 3 aliphatic rings. The predicted octanol–water partition coefficient (Wildman–Crippen LogP) is 3.69. The van der Waals surface area contributed by atoms with Gasteiger partial charge in [0.1, 0.15) is 0 Å². The first-order chi connectivity index (χ1) is 13.2. The van der Waals surface area contributed by atoms with E-state index < -0.39 is 0 Å². The Morgan fingerprint density at radius 1 is 1.15 bits per heavy atom. The van der Waals surface area contributed by atoms with Crippen molar-refractivity contribution in [3.8, 4) is 0 Å². The zero-order valence-corrected chi connectivity index (χ0v) is 17.0. The van der Waals surface area contributed by atoms with Crippen LogP contribution in [0.5, 0.6) is 0 Å². The Balaban J connectivity index is 1.35. The molecule has 0 unspecified atom stereocenters. The Labute approximate surface area is 164 Å². The second-order valence-corrected chi connectivity index (χ2v) is 8.99. The van der Waals surface area contributed by atoms with Crippen molar-refractivity contribution in [2.45, 2.75) is 83.8 Å². The summed E-state index contributed by atoms with van der Waals surface area (Å²) in [5.74, 6) is 1.88. The highest BCUT2D eigenvalue weighted by atomic mass is 16.2. The van der Waals surface area contributed by atoms with Gasteiger partial charge in [-0.05, 0) is 44.6 Å². The highest BCUT2D eigenvalue weighted by Crippen LogP contribution is 2.33. The fraction of sp³-hybridized carbons (Fsp3) is 0.818. The van der Waals surface area contributed by atoms with Crippen LogP contribution >= 0.6 is 0 Å². The first-order valence-corrected chi connectivity index (χ1v) is 11.3. The number of carbonyl (C=O) groups excluding carboxylic acids is 1. The van der Waals surface area contributed by atoms with Crippen LogP contribution in [0, 0.1) is 11.8 Å². The molecular weight excluding hydrogens is 336 g/mol. The van der Waals surface area contributed by atoms with E-state index in [1.165, 1.54) is 50.5 Å². The fourth-order valence-corrected chi connectivity index (χ4v) is 5.52. The number of fused-ring (bicyclic) bond motifs is 1. The zero-order chi connectivity index (χ0) is 18.6. The van der Waals surface area contributed by atoms with Gasteiger partial charge in [0.25, 0.3) is 0 Å². The van der Waals surface area contributed by atoms with Crippen molar-refractivity contribution in [3.05, 3.63) is 18.0 Å². The molecular formula is C22H36N4O. The summed E-state index contributed by atoms with van der Waals surface area (Å²) < 4.78 is 2.01. The van der Waals surface area contributed by atoms with Gasteiger partial charge < -0.3 is 4.90 Å². The van der Waals surface area contributed by atoms with Crippen molar-refractivity contribution < 1.29 is 4.79 Å². The van der Waals surface area contributed by atoms with Crippen molar-refractivity contribution in [1.29, 1.82) is 0 Å². The minimum absolute atomic E-state index is 0.411. The number of hydrogen-bond donors (Lipinski definition) is 0. The lowest BCUT2D eigenvalue weighted by Crippen LogP contribution is -2.40. The molecule has 0 N–H and O–H groups in total. The molecule has 5 heteroatoms. The van der Waals surface area contributed by atoms with Crippen LogP contribution in [0.4, 0.5) is 0 Å². The molecule has 2 atom stereocenters. The van der Waals surface area contributed by atoms with E-state index >= 15 is 0 Å². The molecule has 0 spiro atoms. The van der Waals surface area contributed by atoms with Crippen LogP contribution < -0.4 is 0 Å². The van der Waals surface area contributed by atoms with Gasteiger partial charge in [-0.3, -0.25) is 14.4 Å². The van der Waals surface area contributed by atoms with Crippen LogP contribution in [0.1, 0.15) is 70.3 Å². The summed E-state index contributed by atoms with van der Waals surface area (Å²) in [6, 6.07) is 0.535.